The standard InChI is InChI=1S/C24H23N3O5/c1-4-7-20(28)26-18-10-8-17(9-11-18)22(29)16(3)32-24(30)21-15(2)31-23(19(21)14-25)27-12-5-6-13-27/h5-6,8-13,16H,4,7H2,1-3H3,(H,26,28)/t16-/m0/s1. The molecular formula is C24H23N3O5. The number of aromatic nitrogens is 1. The van der Waals surface area contributed by atoms with Crippen LogP contribution >= 0.6 is 0 Å². The second-order valence-corrected chi connectivity index (χ2v) is 7.20. The second kappa shape index (κ2) is 9.79. The number of carbonyl (C=O) groups is 3. The lowest BCUT2D eigenvalue weighted by atomic mass is 10.1. The number of amides is 1. The van der Waals surface area contributed by atoms with E-state index in [-0.39, 0.29) is 28.7 Å². The van der Waals surface area contributed by atoms with Crippen molar-refractivity contribution in [3.63, 3.8) is 0 Å². The molecule has 0 saturated heterocycles. The first kappa shape index (κ1) is 22.6. The molecule has 0 unspecified atom stereocenters. The van der Waals surface area contributed by atoms with Crippen LogP contribution in [0.25, 0.3) is 5.88 Å². The molecule has 8 heteroatoms. The highest BCUT2D eigenvalue weighted by atomic mass is 16.5. The van der Waals surface area contributed by atoms with Crippen molar-refractivity contribution in [2.24, 2.45) is 0 Å². The lowest BCUT2D eigenvalue weighted by molar-refractivity contribution is -0.116. The molecule has 0 aliphatic carbocycles. The minimum absolute atomic E-state index is 0.00941. The minimum Gasteiger partial charge on any atom is -0.451 e. The maximum absolute atomic E-state index is 12.8. The number of nitrogens with one attached hydrogen (secondary N) is 1. The van der Waals surface area contributed by atoms with Gasteiger partial charge in [-0.25, -0.2) is 4.79 Å². The van der Waals surface area contributed by atoms with Crippen LogP contribution in [0.4, 0.5) is 5.69 Å². The van der Waals surface area contributed by atoms with E-state index in [1.54, 1.807) is 60.3 Å². The number of nitriles is 1. The normalized spacial score (nSPS) is 11.4. The van der Waals surface area contributed by atoms with Crippen molar-refractivity contribution in [3.8, 4) is 12.0 Å². The fraction of sp³-hybridized carbons (Fsp3) is 0.250. The largest absolute Gasteiger partial charge is 0.451 e. The fourth-order valence-corrected chi connectivity index (χ4v) is 3.21. The average Bonchev–Trinajstić information content (AvgIpc) is 3.41. The van der Waals surface area contributed by atoms with Gasteiger partial charge in [-0.3, -0.25) is 14.2 Å². The summed E-state index contributed by atoms with van der Waals surface area (Å²) < 4.78 is 12.5. The molecule has 0 radical (unpaired) electrons. The van der Waals surface area contributed by atoms with Gasteiger partial charge in [0.1, 0.15) is 23.0 Å². The number of aryl methyl sites for hydroxylation is 1. The average molecular weight is 433 g/mol. The van der Waals surface area contributed by atoms with E-state index in [2.05, 4.69) is 5.32 Å². The van der Waals surface area contributed by atoms with E-state index in [4.69, 9.17) is 9.15 Å². The van der Waals surface area contributed by atoms with Gasteiger partial charge in [0.25, 0.3) is 0 Å². The summed E-state index contributed by atoms with van der Waals surface area (Å²) >= 11 is 0. The van der Waals surface area contributed by atoms with Crippen LogP contribution in [0.5, 0.6) is 0 Å². The number of esters is 1. The molecule has 1 aromatic carbocycles. The summed E-state index contributed by atoms with van der Waals surface area (Å²) in [6, 6.07) is 11.9. The number of furan rings is 1. The highest BCUT2D eigenvalue weighted by molar-refractivity contribution is 6.02. The van der Waals surface area contributed by atoms with Gasteiger partial charge in [-0.05, 0) is 56.7 Å². The van der Waals surface area contributed by atoms with Crippen LogP contribution in [0.2, 0.25) is 0 Å². The number of ether oxygens (including phenoxy) is 1. The molecule has 32 heavy (non-hydrogen) atoms. The van der Waals surface area contributed by atoms with Gasteiger partial charge in [-0.15, -0.1) is 0 Å². The van der Waals surface area contributed by atoms with Crippen LogP contribution in [-0.2, 0) is 9.53 Å². The molecule has 0 fully saturated rings. The van der Waals surface area contributed by atoms with E-state index in [0.717, 1.165) is 6.42 Å². The Morgan fingerprint density at radius 2 is 1.84 bits per heavy atom. The molecule has 0 spiro atoms. The Bertz CT molecular complexity index is 1170. The second-order valence-electron chi connectivity index (χ2n) is 7.20. The van der Waals surface area contributed by atoms with Crippen molar-refractivity contribution in [1.29, 1.82) is 5.26 Å². The van der Waals surface area contributed by atoms with Crippen molar-refractivity contribution in [2.75, 3.05) is 5.32 Å². The monoisotopic (exact) mass is 433 g/mol. The Balaban J connectivity index is 1.73. The zero-order chi connectivity index (χ0) is 23.3. The predicted molar refractivity (Wildman–Crippen MR) is 117 cm³/mol. The van der Waals surface area contributed by atoms with Crippen molar-refractivity contribution >= 4 is 23.3 Å². The quantitative estimate of drug-likeness (QED) is 0.415. The lowest BCUT2D eigenvalue weighted by Gasteiger charge is -2.13. The highest BCUT2D eigenvalue weighted by Crippen LogP contribution is 2.26. The molecule has 0 aliphatic rings. The van der Waals surface area contributed by atoms with Gasteiger partial charge in [-0.1, -0.05) is 6.92 Å². The fourth-order valence-electron chi connectivity index (χ4n) is 3.21. The van der Waals surface area contributed by atoms with Gasteiger partial charge >= 0.3 is 5.97 Å². The number of anilines is 1. The molecular weight excluding hydrogens is 410 g/mol. The number of hydrogen-bond donors (Lipinski definition) is 1. The van der Waals surface area contributed by atoms with Gasteiger partial charge in [0, 0.05) is 30.1 Å². The van der Waals surface area contributed by atoms with Crippen LogP contribution in [0.3, 0.4) is 0 Å². The SMILES string of the molecule is CCCC(=O)Nc1ccc(C(=O)[C@H](C)OC(=O)c2c(C)oc(-n3cccc3)c2C#N)cc1. The summed E-state index contributed by atoms with van der Waals surface area (Å²) in [4.78, 5) is 37.2. The zero-order valence-corrected chi connectivity index (χ0v) is 18.0. The minimum atomic E-state index is -1.08. The van der Waals surface area contributed by atoms with Crippen molar-refractivity contribution in [3.05, 3.63) is 71.2 Å². The maximum atomic E-state index is 12.8. The van der Waals surface area contributed by atoms with Gasteiger partial charge in [0.2, 0.25) is 17.6 Å². The molecule has 0 saturated carbocycles. The number of nitrogens with zero attached hydrogens (tertiary/aromatic N) is 2. The Hall–Kier alpha value is -4.12. The van der Waals surface area contributed by atoms with Crippen LogP contribution < -0.4 is 5.32 Å². The first-order valence-corrected chi connectivity index (χ1v) is 10.2. The van der Waals surface area contributed by atoms with Crippen molar-refractivity contribution in [2.45, 2.75) is 39.7 Å². The zero-order valence-electron chi connectivity index (χ0n) is 18.0. The van der Waals surface area contributed by atoms with E-state index in [0.29, 0.717) is 17.7 Å². The lowest BCUT2D eigenvalue weighted by Crippen LogP contribution is -2.25. The topological polar surface area (TPSA) is 114 Å². The van der Waals surface area contributed by atoms with Crippen LogP contribution in [0.1, 0.15) is 58.7 Å². The Labute approximate surface area is 185 Å². The number of rotatable bonds is 8. The van der Waals surface area contributed by atoms with Crippen molar-refractivity contribution < 1.29 is 23.5 Å². The summed E-state index contributed by atoms with van der Waals surface area (Å²) in [5.41, 5.74) is 0.937. The van der Waals surface area contributed by atoms with E-state index >= 15 is 0 Å². The third-order valence-corrected chi connectivity index (χ3v) is 4.80. The molecule has 3 rings (SSSR count). The van der Waals surface area contributed by atoms with Gasteiger partial charge in [0.15, 0.2) is 6.10 Å². The molecule has 0 bridgehead atoms. The van der Waals surface area contributed by atoms with E-state index < -0.39 is 17.9 Å². The first-order chi connectivity index (χ1) is 15.3. The van der Waals surface area contributed by atoms with Gasteiger partial charge in [-0.2, -0.15) is 5.26 Å². The molecule has 1 atom stereocenters. The van der Waals surface area contributed by atoms with E-state index in [9.17, 15) is 19.6 Å². The smallest absolute Gasteiger partial charge is 0.343 e. The summed E-state index contributed by atoms with van der Waals surface area (Å²) in [5, 5.41) is 12.3. The van der Waals surface area contributed by atoms with E-state index in [1.807, 2.05) is 13.0 Å². The molecule has 3 aromatic rings. The number of Topliss-reactive ketones (excluding diaryl/α,β-unsaturated/α-hetero) is 1. The molecule has 2 heterocycles. The third-order valence-electron chi connectivity index (χ3n) is 4.80. The van der Waals surface area contributed by atoms with Crippen LogP contribution in [-0.4, -0.2) is 28.3 Å². The summed E-state index contributed by atoms with van der Waals surface area (Å²) in [7, 11) is 0. The Morgan fingerprint density at radius 3 is 2.44 bits per heavy atom. The van der Waals surface area contributed by atoms with Crippen molar-refractivity contribution in [1.82, 2.24) is 4.57 Å². The summed E-state index contributed by atoms with van der Waals surface area (Å²) in [6.07, 6.45) is 3.45. The number of carbonyl (C=O) groups excluding carboxylic acids is 3. The molecule has 0 aliphatic heterocycles. The Kier molecular flexibility index (Phi) is 6.90. The molecule has 1 N–H and O–H groups in total. The van der Waals surface area contributed by atoms with E-state index in [1.165, 1.54) is 6.92 Å². The van der Waals surface area contributed by atoms with Gasteiger partial charge in [0.05, 0.1) is 0 Å². The molecule has 1 amide bonds. The van der Waals surface area contributed by atoms with Gasteiger partial charge < -0.3 is 14.5 Å². The van der Waals surface area contributed by atoms with Crippen LogP contribution in [0, 0.1) is 18.3 Å². The highest BCUT2D eigenvalue weighted by Gasteiger charge is 2.28. The maximum Gasteiger partial charge on any atom is 0.343 e. The summed E-state index contributed by atoms with van der Waals surface area (Å²) in [5.74, 6) is -0.888. The molecule has 2 aromatic heterocycles. The third kappa shape index (κ3) is 4.78. The number of benzene rings is 1. The number of ketones is 1. The molecule has 164 valence electrons. The molecule has 8 nitrogen and oxygen atoms in total. The predicted octanol–water partition coefficient (Wildman–Crippen LogP) is 4.42. The Morgan fingerprint density at radius 1 is 1.19 bits per heavy atom. The number of hydrogen-bond acceptors (Lipinski definition) is 6. The first-order valence-electron chi connectivity index (χ1n) is 10.2. The van der Waals surface area contributed by atoms with Crippen LogP contribution in [0.15, 0.2) is 53.2 Å². The summed E-state index contributed by atoms with van der Waals surface area (Å²) in [6.45, 7) is 4.93.